The molecule has 2 aliphatic heterocycles. The van der Waals surface area contributed by atoms with E-state index < -0.39 is 40.1 Å². The molecule has 37 heavy (non-hydrogen) atoms. The lowest BCUT2D eigenvalue weighted by molar-refractivity contribution is -0.384. The molecule has 1 fully saturated rings. The Morgan fingerprint density at radius 3 is 2.51 bits per heavy atom. The molecule has 0 aromatic heterocycles. The second kappa shape index (κ2) is 9.30. The number of nitrogens with zero attached hydrogens (tertiary/aromatic N) is 3. The van der Waals surface area contributed by atoms with E-state index in [1.54, 1.807) is 35.2 Å². The first-order valence-electron chi connectivity index (χ1n) is 11.4. The number of hydrogen-bond donors (Lipinski definition) is 0. The molecular formula is C28H20BrN3O5. The highest BCUT2D eigenvalue weighted by Gasteiger charge is 2.67. The van der Waals surface area contributed by atoms with Crippen LogP contribution in [0.1, 0.15) is 27.4 Å². The molecule has 0 radical (unpaired) electrons. The predicted molar refractivity (Wildman–Crippen MR) is 140 cm³/mol. The molecule has 0 amide bonds. The predicted octanol–water partition coefficient (Wildman–Crippen LogP) is 5.29. The number of nitro benzene ring substituents is 1. The number of nitro groups is 1. The summed E-state index contributed by atoms with van der Waals surface area (Å²) in [6, 6.07) is 20.4. The van der Waals surface area contributed by atoms with Gasteiger partial charge in [-0.1, -0.05) is 70.5 Å². The summed E-state index contributed by atoms with van der Waals surface area (Å²) >= 11 is 3.42. The fourth-order valence-electron chi connectivity index (χ4n) is 5.52. The summed E-state index contributed by atoms with van der Waals surface area (Å²) in [6.45, 7) is 0. The van der Waals surface area contributed by atoms with Gasteiger partial charge in [-0.15, -0.1) is 0 Å². The van der Waals surface area contributed by atoms with Gasteiger partial charge in [0.15, 0.2) is 11.2 Å². The SMILES string of the molecule is COC(=O)[C@]1(C#N)[C@H](c2ccc(Br)cc2)[C@@H](C(=O)c2cccc([N+](=O)[O-])c2)N2c3ccccc3C=C[C@@H]21. The highest BCUT2D eigenvalue weighted by atomic mass is 79.9. The molecule has 2 heterocycles. The molecule has 0 bridgehead atoms. The van der Waals surface area contributed by atoms with Crippen LogP contribution in [0, 0.1) is 26.9 Å². The monoisotopic (exact) mass is 557 g/mol. The molecule has 1 saturated heterocycles. The van der Waals surface area contributed by atoms with E-state index in [4.69, 9.17) is 4.74 Å². The summed E-state index contributed by atoms with van der Waals surface area (Å²) in [5.74, 6) is -2.13. The number of carbonyl (C=O) groups excluding carboxylic acids is 2. The number of esters is 1. The summed E-state index contributed by atoms with van der Waals surface area (Å²) in [7, 11) is 1.22. The summed E-state index contributed by atoms with van der Waals surface area (Å²) in [6.07, 6.45) is 3.60. The molecule has 0 spiro atoms. The zero-order chi connectivity index (χ0) is 26.3. The van der Waals surface area contributed by atoms with E-state index in [0.29, 0.717) is 11.3 Å². The summed E-state index contributed by atoms with van der Waals surface area (Å²) < 4.78 is 5.98. The van der Waals surface area contributed by atoms with Crippen molar-refractivity contribution in [3.05, 3.63) is 110 Å². The molecule has 0 N–H and O–H groups in total. The lowest BCUT2D eigenvalue weighted by Gasteiger charge is -2.36. The fraction of sp³-hybridized carbons (Fsp3) is 0.179. The van der Waals surface area contributed by atoms with Gasteiger partial charge in [0.05, 0.1) is 24.1 Å². The molecular weight excluding hydrogens is 538 g/mol. The van der Waals surface area contributed by atoms with Crippen LogP contribution < -0.4 is 4.90 Å². The van der Waals surface area contributed by atoms with Gasteiger partial charge in [-0.05, 0) is 29.3 Å². The number of benzene rings is 3. The number of hydrogen-bond acceptors (Lipinski definition) is 7. The van der Waals surface area contributed by atoms with Crippen molar-refractivity contribution < 1.29 is 19.2 Å². The van der Waals surface area contributed by atoms with Crippen molar-refractivity contribution in [1.82, 2.24) is 0 Å². The van der Waals surface area contributed by atoms with Gasteiger partial charge >= 0.3 is 5.97 Å². The molecule has 4 atom stereocenters. The zero-order valence-electron chi connectivity index (χ0n) is 19.6. The third kappa shape index (κ3) is 3.72. The van der Waals surface area contributed by atoms with Crippen LogP contribution in [-0.4, -0.2) is 35.9 Å². The quantitative estimate of drug-likeness (QED) is 0.181. The molecule has 0 aliphatic carbocycles. The number of ether oxygens (including phenoxy) is 1. The lowest BCUT2D eigenvalue weighted by Crippen LogP contribution is -2.46. The number of rotatable bonds is 5. The molecule has 3 aromatic carbocycles. The number of methoxy groups -OCH3 is 1. The Morgan fingerprint density at radius 2 is 1.84 bits per heavy atom. The van der Waals surface area contributed by atoms with E-state index >= 15 is 0 Å². The van der Waals surface area contributed by atoms with Crippen molar-refractivity contribution in [1.29, 1.82) is 5.26 Å². The van der Waals surface area contributed by atoms with Crippen LogP contribution in [0.25, 0.3) is 6.08 Å². The van der Waals surface area contributed by atoms with Crippen LogP contribution in [0.4, 0.5) is 11.4 Å². The Kier molecular flexibility index (Phi) is 6.13. The molecule has 9 heteroatoms. The van der Waals surface area contributed by atoms with E-state index in [1.165, 1.54) is 31.4 Å². The van der Waals surface area contributed by atoms with Crippen molar-refractivity contribution in [2.45, 2.75) is 18.0 Å². The molecule has 184 valence electrons. The molecule has 0 saturated carbocycles. The molecule has 2 aliphatic rings. The Hall–Kier alpha value is -4.29. The van der Waals surface area contributed by atoms with Crippen LogP contribution >= 0.6 is 15.9 Å². The number of anilines is 1. The second-order valence-electron chi connectivity index (χ2n) is 8.89. The van der Waals surface area contributed by atoms with Gasteiger partial charge in [0.25, 0.3) is 5.69 Å². The highest BCUT2D eigenvalue weighted by Crippen LogP contribution is 2.56. The summed E-state index contributed by atoms with van der Waals surface area (Å²) in [5, 5.41) is 22.1. The maximum absolute atomic E-state index is 14.3. The van der Waals surface area contributed by atoms with Gasteiger partial charge in [0, 0.05) is 33.8 Å². The van der Waals surface area contributed by atoms with Gasteiger partial charge in [0.1, 0.15) is 6.04 Å². The second-order valence-corrected chi connectivity index (χ2v) is 9.80. The van der Waals surface area contributed by atoms with Gasteiger partial charge in [-0.3, -0.25) is 19.7 Å². The van der Waals surface area contributed by atoms with E-state index in [9.17, 15) is 25.0 Å². The number of nitriles is 1. The number of ketones is 1. The maximum atomic E-state index is 14.3. The van der Waals surface area contributed by atoms with Crippen LogP contribution in [0.3, 0.4) is 0 Å². The summed E-state index contributed by atoms with van der Waals surface area (Å²) in [4.78, 5) is 40.5. The maximum Gasteiger partial charge on any atom is 0.329 e. The number of para-hydroxylation sites is 1. The molecule has 0 unspecified atom stereocenters. The van der Waals surface area contributed by atoms with Gasteiger partial charge in [-0.2, -0.15) is 5.26 Å². The van der Waals surface area contributed by atoms with Gasteiger partial charge < -0.3 is 9.64 Å². The first kappa shape index (κ1) is 24.4. The first-order chi connectivity index (χ1) is 17.8. The van der Waals surface area contributed by atoms with Gasteiger partial charge in [0.2, 0.25) is 0 Å². The number of Topliss-reactive ketones (excluding diaryl/α,β-unsaturated/α-hetero) is 1. The topological polar surface area (TPSA) is 114 Å². The van der Waals surface area contributed by atoms with Crippen molar-refractivity contribution in [2.24, 2.45) is 5.41 Å². The Labute approximate surface area is 221 Å². The molecule has 8 nitrogen and oxygen atoms in total. The van der Waals surface area contributed by atoms with Gasteiger partial charge in [-0.25, -0.2) is 0 Å². The summed E-state index contributed by atoms with van der Waals surface area (Å²) in [5.41, 5.74) is 0.225. The number of fused-ring (bicyclic) bond motifs is 3. The van der Waals surface area contributed by atoms with Crippen LogP contribution in [-0.2, 0) is 9.53 Å². The third-order valence-electron chi connectivity index (χ3n) is 7.09. The molecule has 5 rings (SSSR count). The Morgan fingerprint density at radius 1 is 1.11 bits per heavy atom. The average Bonchev–Trinajstić information content (AvgIpc) is 3.24. The largest absolute Gasteiger partial charge is 0.468 e. The zero-order valence-corrected chi connectivity index (χ0v) is 21.2. The minimum atomic E-state index is -1.77. The Bertz CT molecular complexity index is 1500. The smallest absolute Gasteiger partial charge is 0.329 e. The number of carbonyl (C=O) groups is 2. The third-order valence-corrected chi connectivity index (χ3v) is 7.62. The van der Waals surface area contributed by atoms with Crippen LogP contribution in [0.2, 0.25) is 0 Å². The fourth-order valence-corrected chi connectivity index (χ4v) is 5.79. The number of non-ortho nitro benzene ring substituents is 1. The molecule has 3 aromatic rings. The van der Waals surface area contributed by atoms with Crippen LogP contribution in [0.15, 0.2) is 83.3 Å². The van der Waals surface area contributed by atoms with E-state index in [1.807, 2.05) is 30.3 Å². The first-order valence-corrected chi connectivity index (χ1v) is 12.2. The minimum absolute atomic E-state index is 0.116. The van der Waals surface area contributed by atoms with Crippen molar-refractivity contribution in [3.63, 3.8) is 0 Å². The minimum Gasteiger partial charge on any atom is -0.468 e. The highest BCUT2D eigenvalue weighted by molar-refractivity contribution is 9.10. The normalized spacial score (nSPS) is 23.5. The van der Waals surface area contributed by atoms with E-state index in [2.05, 4.69) is 22.0 Å². The average molecular weight is 558 g/mol. The number of halogens is 1. The van der Waals surface area contributed by atoms with Crippen LogP contribution in [0.5, 0.6) is 0 Å². The van der Waals surface area contributed by atoms with Crippen molar-refractivity contribution in [2.75, 3.05) is 12.0 Å². The standard InChI is InChI=1S/C28H20BrN3O5/c1-37-27(34)28(16-30)23-14-11-17-5-2-3-8-22(17)31(23)25(24(28)18-9-12-20(29)13-10-18)26(33)19-6-4-7-21(15-19)32(35)36/h2-15,23-25H,1H3/t23-,24-,25+,28+/m1/s1. The van der Waals surface area contributed by atoms with E-state index in [-0.39, 0.29) is 11.3 Å². The lowest BCUT2D eigenvalue weighted by atomic mass is 9.68. The van der Waals surface area contributed by atoms with E-state index in [0.717, 1.165) is 10.0 Å². The van der Waals surface area contributed by atoms with Crippen molar-refractivity contribution in [3.8, 4) is 6.07 Å². The van der Waals surface area contributed by atoms with Crippen molar-refractivity contribution >= 4 is 45.1 Å². The Balaban J connectivity index is 1.81.